The fraction of sp³-hybridized carbons (Fsp3) is 0.133. The molecule has 0 saturated heterocycles. The highest BCUT2D eigenvalue weighted by atomic mass is 16.3. The Morgan fingerprint density at radius 3 is 0.820 bits per heavy atom. The Kier molecular flexibility index (Phi) is 8.38. The fourth-order valence-corrected chi connectivity index (χ4v) is 9.87. The first kappa shape index (κ1) is 37.1. The van der Waals surface area contributed by atoms with Crippen LogP contribution in [0.15, 0.2) is 186 Å². The minimum absolute atomic E-state index is 0.0481. The van der Waals surface area contributed by atoms with E-state index >= 15 is 0 Å². The summed E-state index contributed by atoms with van der Waals surface area (Å²) < 4.78 is 6.62. The van der Waals surface area contributed by atoms with Gasteiger partial charge in [0.15, 0.2) is 0 Å². The van der Waals surface area contributed by atoms with Gasteiger partial charge in [-0.1, -0.05) is 199 Å². The van der Waals surface area contributed by atoms with E-state index in [0.29, 0.717) is 0 Å². The van der Waals surface area contributed by atoms with Crippen molar-refractivity contribution in [1.29, 1.82) is 0 Å². The van der Waals surface area contributed by atoms with Gasteiger partial charge in [-0.3, -0.25) is 0 Å². The molecule has 10 aromatic carbocycles. The summed E-state index contributed by atoms with van der Waals surface area (Å²) in [7, 11) is 0. The van der Waals surface area contributed by atoms with Crippen molar-refractivity contribution in [3.05, 3.63) is 193 Å². The van der Waals surface area contributed by atoms with E-state index in [-0.39, 0.29) is 10.8 Å². The van der Waals surface area contributed by atoms with Crippen LogP contribution in [0.3, 0.4) is 0 Å². The number of benzene rings is 10. The Balaban J connectivity index is 1.13. The molecule has 0 N–H and O–H groups in total. The average Bonchev–Trinajstić information content (AvgIpc) is 3.64. The monoisotopic (exact) mass is 784 g/mol. The Morgan fingerprint density at radius 2 is 0.541 bits per heavy atom. The van der Waals surface area contributed by atoms with E-state index in [4.69, 9.17) is 4.42 Å². The average molecular weight is 785 g/mol. The van der Waals surface area contributed by atoms with Gasteiger partial charge in [-0.2, -0.15) is 0 Å². The van der Waals surface area contributed by atoms with Gasteiger partial charge >= 0.3 is 0 Å². The second kappa shape index (κ2) is 13.8. The number of hydrogen-bond acceptors (Lipinski definition) is 1. The zero-order valence-electron chi connectivity index (χ0n) is 35.7. The molecule has 0 aliphatic rings. The maximum absolute atomic E-state index is 6.62. The van der Waals surface area contributed by atoms with Crippen LogP contribution in [0.1, 0.15) is 52.7 Å². The molecule has 0 unspecified atom stereocenters. The maximum Gasteiger partial charge on any atom is 0.135 e. The number of fused-ring (bicyclic) bond motifs is 7. The molecule has 1 nitrogen and oxygen atoms in total. The summed E-state index contributed by atoms with van der Waals surface area (Å²) in [4.78, 5) is 0. The van der Waals surface area contributed by atoms with Gasteiger partial charge in [-0.05, 0) is 134 Å². The Morgan fingerprint density at radius 1 is 0.262 bits per heavy atom. The standard InChI is InChI=1S/C60H48O/c1-59(2,3)41-19-15-17-37(33-41)55-43-21-7-11-25-47(43)57(48-26-12-8-22-44(48)55)39-29-31-53-51(35-39)52-36-40(30-32-54(52)61-53)58-49-27-13-9-23-45(49)56(46-24-10-14-28-50(46)58)38-18-16-20-42(34-38)60(4,5)6/h7-36H,1-6H3. The predicted molar refractivity (Wildman–Crippen MR) is 263 cm³/mol. The summed E-state index contributed by atoms with van der Waals surface area (Å²) >= 11 is 0. The third kappa shape index (κ3) is 6.06. The Hall–Kier alpha value is -6.96. The highest BCUT2D eigenvalue weighted by Crippen LogP contribution is 2.48. The summed E-state index contributed by atoms with van der Waals surface area (Å²) in [6, 6.07) is 67.6. The summed E-state index contributed by atoms with van der Waals surface area (Å²) in [5, 5.41) is 12.3. The number of hydrogen-bond donors (Lipinski definition) is 0. The highest BCUT2D eigenvalue weighted by molar-refractivity contribution is 6.24. The predicted octanol–water partition coefficient (Wildman–Crippen LogP) is 17.5. The van der Waals surface area contributed by atoms with Crippen LogP contribution in [0.25, 0.3) is 110 Å². The van der Waals surface area contributed by atoms with Crippen LogP contribution < -0.4 is 0 Å². The minimum Gasteiger partial charge on any atom is -0.456 e. The van der Waals surface area contributed by atoms with E-state index in [1.165, 1.54) is 98.7 Å². The van der Waals surface area contributed by atoms with E-state index < -0.39 is 0 Å². The molecule has 1 heterocycles. The lowest BCUT2D eigenvalue weighted by atomic mass is 9.82. The lowest BCUT2D eigenvalue weighted by Crippen LogP contribution is -2.10. The van der Waals surface area contributed by atoms with Crippen LogP contribution in [0.5, 0.6) is 0 Å². The smallest absolute Gasteiger partial charge is 0.135 e. The van der Waals surface area contributed by atoms with Gasteiger partial charge in [0.25, 0.3) is 0 Å². The van der Waals surface area contributed by atoms with Gasteiger partial charge in [-0.25, -0.2) is 0 Å². The molecule has 0 aliphatic carbocycles. The van der Waals surface area contributed by atoms with Crippen LogP contribution >= 0.6 is 0 Å². The minimum atomic E-state index is 0.0481. The molecular weight excluding hydrogens is 737 g/mol. The van der Waals surface area contributed by atoms with Crippen LogP contribution in [0, 0.1) is 0 Å². The van der Waals surface area contributed by atoms with Crippen molar-refractivity contribution >= 4 is 65.0 Å². The molecule has 1 aromatic heterocycles. The van der Waals surface area contributed by atoms with Gasteiger partial charge in [0.2, 0.25) is 0 Å². The molecule has 0 amide bonds. The van der Waals surface area contributed by atoms with Crippen molar-refractivity contribution in [1.82, 2.24) is 0 Å². The molecule has 294 valence electrons. The summed E-state index contributed by atoms with van der Waals surface area (Å²) in [6.07, 6.45) is 0. The molecule has 0 radical (unpaired) electrons. The highest BCUT2D eigenvalue weighted by Gasteiger charge is 2.22. The van der Waals surface area contributed by atoms with Crippen LogP contribution in [0.2, 0.25) is 0 Å². The van der Waals surface area contributed by atoms with Crippen LogP contribution in [-0.2, 0) is 10.8 Å². The molecule has 11 rings (SSSR count). The fourth-order valence-electron chi connectivity index (χ4n) is 9.87. The molecule has 0 atom stereocenters. The zero-order chi connectivity index (χ0) is 41.6. The molecule has 0 spiro atoms. The SMILES string of the molecule is CC(C)(C)c1cccc(-c2c3ccccc3c(-c3ccc4oc5ccc(-c6c7ccccc7c(-c7cccc(C(C)(C)C)c7)c7ccccc67)cc5c4c3)c3ccccc23)c1. The first-order chi connectivity index (χ1) is 29.5. The zero-order valence-corrected chi connectivity index (χ0v) is 35.7. The number of furan rings is 1. The molecule has 61 heavy (non-hydrogen) atoms. The lowest BCUT2D eigenvalue weighted by molar-refractivity contribution is 0.590. The molecule has 0 aliphatic heterocycles. The summed E-state index contributed by atoms with van der Waals surface area (Å²) in [5.41, 5.74) is 14.5. The van der Waals surface area contributed by atoms with Crippen molar-refractivity contribution in [2.24, 2.45) is 0 Å². The van der Waals surface area contributed by atoms with Crippen molar-refractivity contribution < 1.29 is 4.42 Å². The van der Waals surface area contributed by atoms with Crippen molar-refractivity contribution in [3.63, 3.8) is 0 Å². The van der Waals surface area contributed by atoms with Gasteiger partial charge in [0.1, 0.15) is 11.2 Å². The third-order valence-electron chi connectivity index (χ3n) is 12.9. The topological polar surface area (TPSA) is 13.1 Å². The normalized spacial score (nSPS) is 12.4. The first-order valence-electron chi connectivity index (χ1n) is 21.6. The second-order valence-corrected chi connectivity index (χ2v) is 18.9. The lowest BCUT2D eigenvalue weighted by Gasteiger charge is -2.22. The van der Waals surface area contributed by atoms with E-state index in [2.05, 4.69) is 224 Å². The van der Waals surface area contributed by atoms with Crippen LogP contribution in [0.4, 0.5) is 0 Å². The molecule has 0 saturated carbocycles. The quantitative estimate of drug-likeness (QED) is 0.162. The molecular formula is C60H48O. The van der Waals surface area contributed by atoms with Gasteiger partial charge < -0.3 is 4.42 Å². The first-order valence-corrected chi connectivity index (χ1v) is 21.6. The molecule has 0 fully saturated rings. The van der Waals surface area contributed by atoms with E-state index in [0.717, 1.165) is 21.9 Å². The molecule has 11 aromatic rings. The van der Waals surface area contributed by atoms with Crippen LogP contribution in [-0.4, -0.2) is 0 Å². The molecule has 0 bridgehead atoms. The van der Waals surface area contributed by atoms with E-state index in [9.17, 15) is 0 Å². The van der Waals surface area contributed by atoms with Gasteiger partial charge in [0, 0.05) is 10.8 Å². The Labute approximate surface area is 357 Å². The van der Waals surface area contributed by atoms with Crippen molar-refractivity contribution in [2.45, 2.75) is 52.4 Å². The van der Waals surface area contributed by atoms with E-state index in [1.54, 1.807) is 0 Å². The third-order valence-corrected chi connectivity index (χ3v) is 12.9. The summed E-state index contributed by atoms with van der Waals surface area (Å²) in [6.45, 7) is 13.7. The molecule has 1 heteroatoms. The second-order valence-electron chi connectivity index (χ2n) is 18.9. The largest absolute Gasteiger partial charge is 0.456 e. The summed E-state index contributed by atoms with van der Waals surface area (Å²) in [5.74, 6) is 0. The Bertz CT molecular complexity index is 3200. The van der Waals surface area contributed by atoms with Crippen molar-refractivity contribution in [3.8, 4) is 44.5 Å². The van der Waals surface area contributed by atoms with Crippen molar-refractivity contribution in [2.75, 3.05) is 0 Å². The maximum atomic E-state index is 6.62. The van der Waals surface area contributed by atoms with E-state index in [1.807, 2.05) is 0 Å². The number of rotatable bonds is 4. The van der Waals surface area contributed by atoms with Gasteiger partial charge in [0.05, 0.1) is 0 Å². The van der Waals surface area contributed by atoms with Gasteiger partial charge in [-0.15, -0.1) is 0 Å².